The fourth-order valence-corrected chi connectivity index (χ4v) is 5.64. The van der Waals surface area contributed by atoms with Crippen LogP contribution in [0, 0.1) is 0 Å². The summed E-state index contributed by atoms with van der Waals surface area (Å²) in [6.45, 7) is -0.651. The number of hydrogen-bond acceptors (Lipinski definition) is 11. The van der Waals surface area contributed by atoms with Gasteiger partial charge >= 0.3 is 32.6 Å². The number of benzene rings is 2. The highest BCUT2D eigenvalue weighted by Gasteiger charge is 2.43. The van der Waals surface area contributed by atoms with Gasteiger partial charge in [0.05, 0.1) is 36.8 Å². The molecule has 5 N–H and O–H groups in total. The Balaban J connectivity index is 1.38. The number of nitrogens with one attached hydrogen (secondary N) is 3. The molecule has 0 spiro atoms. The number of rotatable bonds is 10. The monoisotopic (exact) mass is 742 g/mol. The van der Waals surface area contributed by atoms with Crippen LogP contribution >= 0.6 is 0 Å². The van der Waals surface area contributed by atoms with Crippen LogP contribution in [0.25, 0.3) is 0 Å². The van der Waals surface area contributed by atoms with Gasteiger partial charge < -0.3 is 40.1 Å². The largest absolute Gasteiger partial charge is 0.491 e. The summed E-state index contributed by atoms with van der Waals surface area (Å²) in [7, 11) is -3.60. The fraction of sp³-hybridized carbons (Fsp3) is 0.379. The average Bonchev–Trinajstić information content (AvgIpc) is 3.73. The van der Waals surface area contributed by atoms with Gasteiger partial charge in [-0.05, 0) is 53.2 Å². The third-order valence-electron chi connectivity index (χ3n) is 8.26. The molecule has 3 aliphatic rings. The molecule has 23 heteroatoms. The Morgan fingerprint density at radius 3 is 1.75 bits per heavy atom. The minimum atomic E-state index is -5.01. The van der Waals surface area contributed by atoms with E-state index < -0.39 is 134 Å². The smallest absolute Gasteiger partial charge is 0.423 e. The predicted molar refractivity (Wildman–Crippen MR) is 161 cm³/mol. The number of alkyl halides is 6. The van der Waals surface area contributed by atoms with Crippen molar-refractivity contribution in [2.45, 2.75) is 63.8 Å². The molecule has 52 heavy (non-hydrogen) atoms. The summed E-state index contributed by atoms with van der Waals surface area (Å²) in [5.41, 5.74) is -5.49. The first-order valence-corrected chi connectivity index (χ1v) is 15.3. The Labute approximate surface area is 289 Å². The van der Waals surface area contributed by atoms with Gasteiger partial charge in [0.1, 0.15) is 6.04 Å². The standard InChI is InChI=1S/C29H26B2F6N4O11/c1-12(39-25(45)13-6-17(28(32,33)34)15-10-50-30(48)19(15)8-13)24(27(47)38-5-4-23(44)52-41-21(42)2-3-22(41)43)40-26(46)14-7-18(29(35,36)37)16-11-51-31(49)20(16)9-14/h6-9,12,24,48-49H,2-5,10-11H2,1H3,(H,38,47)(H,39,45)(H,40,46)/t12-,24-/m0/s1. The molecule has 0 aliphatic carbocycles. The van der Waals surface area contributed by atoms with Gasteiger partial charge in [-0.15, -0.1) is 5.06 Å². The molecule has 2 atom stereocenters. The Hall–Kier alpha value is -4.99. The van der Waals surface area contributed by atoms with Crippen molar-refractivity contribution in [2.24, 2.45) is 0 Å². The lowest BCUT2D eigenvalue weighted by Gasteiger charge is -2.26. The maximum Gasteiger partial charge on any atom is 0.491 e. The van der Waals surface area contributed by atoms with Gasteiger partial charge in [0.15, 0.2) is 0 Å². The summed E-state index contributed by atoms with van der Waals surface area (Å²) >= 11 is 0. The Morgan fingerprint density at radius 1 is 0.827 bits per heavy atom. The molecule has 276 valence electrons. The van der Waals surface area contributed by atoms with Crippen molar-refractivity contribution in [1.29, 1.82) is 0 Å². The van der Waals surface area contributed by atoms with E-state index in [0.29, 0.717) is 12.1 Å². The summed E-state index contributed by atoms with van der Waals surface area (Å²) < 4.78 is 92.8. The van der Waals surface area contributed by atoms with Crippen LogP contribution < -0.4 is 26.9 Å². The Morgan fingerprint density at radius 2 is 1.29 bits per heavy atom. The van der Waals surface area contributed by atoms with E-state index >= 15 is 0 Å². The topological polar surface area (TPSA) is 210 Å². The number of hydrogen-bond donors (Lipinski definition) is 5. The molecular formula is C29H26B2F6N4O11. The number of hydroxylamine groups is 2. The van der Waals surface area contributed by atoms with E-state index in [1.54, 1.807) is 0 Å². The first-order chi connectivity index (χ1) is 24.3. The number of amides is 5. The first-order valence-electron chi connectivity index (χ1n) is 15.3. The quantitative estimate of drug-likeness (QED) is 0.116. The van der Waals surface area contributed by atoms with Gasteiger partial charge in [-0.3, -0.25) is 24.0 Å². The lowest BCUT2D eigenvalue weighted by molar-refractivity contribution is -0.197. The van der Waals surface area contributed by atoms with Crippen LogP contribution in [0.5, 0.6) is 0 Å². The van der Waals surface area contributed by atoms with Crippen molar-refractivity contribution in [2.75, 3.05) is 6.54 Å². The molecular weight excluding hydrogens is 716 g/mol. The highest BCUT2D eigenvalue weighted by molar-refractivity contribution is 6.62. The molecule has 0 saturated carbocycles. The Kier molecular flexibility index (Phi) is 10.7. The number of halogens is 6. The molecule has 1 saturated heterocycles. The van der Waals surface area contributed by atoms with E-state index in [2.05, 4.69) is 16.0 Å². The number of carbonyl (C=O) groups excluding carboxylic acids is 6. The number of carbonyl (C=O) groups is 6. The molecule has 0 unspecified atom stereocenters. The summed E-state index contributed by atoms with van der Waals surface area (Å²) in [5.74, 6) is -6.39. The van der Waals surface area contributed by atoms with Gasteiger partial charge in [-0.25, -0.2) is 4.79 Å². The number of imide groups is 1. The van der Waals surface area contributed by atoms with E-state index in [-0.39, 0.29) is 28.8 Å². The van der Waals surface area contributed by atoms with Crippen LogP contribution in [0.4, 0.5) is 26.3 Å². The molecule has 2 aromatic rings. The molecule has 15 nitrogen and oxygen atoms in total. The van der Waals surface area contributed by atoms with Gasteiger partial charge in [-0.1, -0.05) is 0 Å². The number of fused-ring (bicyclic) bond motifs is 2. The van der Waals surface area contributed by atoms with E-state index in [0.717, 1.165) is 19.1 Å². The molecule has 0 aromatic heterocycles. The molecule has 5 amide bonds. The normalized spacial score (nSPS) is 16.8. The molecule has 1 fully saturated rings. The summed E-state index contributed by atoms with van der Waals surface area (Å²) in [5, 5.41) is 26.9. The minimum absolute atomic E-state index is 0.189. The minimum Gasteiger partial charge on any atom is -0.423 e. The molecule has 3 heterocycles. The first kappa shape index (κ1) is 38.2. The second-order valence-corrected chi connectivity index (χ2v) is 11.8. The zero-order chi connectivity index (χ0) is 38.3. The molecule has 0 radical (unpaired) electrons. The van der Waals surface area contributed by atoms with Crippen molar-refractivity contribution < 1.29 is 79.3 Å². The third kappa shape index (κ3) is 8.06. The molecule has 0 bridgehead atoms. The van der Waals surface area contributed by atoms with Gasteiger partial charge in [0, 0.05) is 30.5 Å². The summed E-state index contributed by atoms with van der Waals surface area (Å²) in [6.07, 6.45) is -11.0. The molecule has 5 rings (SSSR count). The lowest BCUT2D eigenvalue weighted by Crippen LogP contribution is -2.58. The van der Waals surface area contributed by atoms with E-state index in [4.69, 9.17) is 14.1 Å². The van der Waals surface area contributed by atoms with Crippen molar-refractivity contribution in [3.63, 3.8) is 0 Å². The maximum atomic E-state index is 13.9. The van der Waals surface area contributed by atoms with Gasteiger partial charge in [0.2, 0.25) is 5.91 Å². The van der Waals surface area contributed by atoms with Crippen LogP contribution in [0.1, 0.15) is 69.2 Å². The van der Waals surface area contributed by atoms with E-state index in [9.17, 15) is 65.2 Å². The average molecular weight is 742 g/mol. The van der Waals surface area contributed by atoms with Crippen LogP contribution in [0.2, 0.25) is 0 Å². The Bertz CT molecular complexity index is 1830. The van der Waals surface area contributed by atoms with Crippen LogP contribution in [-0.2, 0) is 58.9 Å². The zero-order valence-corrected chi connectivity index (χ0v) is 26.6. The second kappa shape index (κ2) is 14.6. The van der Waals surface area contributed by atoms with Crippen LogP contribution in [0.15, 0.2) is 24.3 Å². The second-order valence-electron chi connectivity index (χ2n) is 11.8. The molecule has 2 aromatic carbocycles. The van der Waals surface area contributed by atoms with E-state index in [1.165, 1.54) is 0 Å². The van der Waals surface area contributed by atoms with Crippen LogP contribution in [0.3, 0.4) is 0 Å². The maximum absolute atomic E-state index is 13.9. The third-order valence-corrected chi connectivity index (χ3v) is 8.26. The van der Waals surface area contributed by atoms with Gasteiger partial charge in [-0.2, -0.15) is 26.3 Å². The van der Waals surface area contributed by atoms with Gasteiger partial charge in [0.25, 0.3) is 23.6 Å². The zero-order valence-electron chi connectivity index (χ0n) is 26.6. The van der Waals surface area contributed by atoms with Crippen molar-refractivity contribution in [1.82, 2.24) is 21.0 Å². The highest BCUT2D eigenvalue weighted by Crippen LogP contribution is 2.35. The van der Waals surface area contributed by atoms with Crippen molar-refractivity contribution in [3.05, 3.63) is 57.6 Å². The van der Waals surface area contributed by atoms with Crippen molar-refractivity contribution in [3.8, 4) is 0 Å². The fourth-order valence-electron chi connectivity index (χ4n) is 5.64. The van der Waals surface area contributed by atoms with E-state index in [1.807, 2.05) is 0 Å². The predicted octanol–water partition coefficient (Wildman–Crippen LogP) is -0.810. The van der Waals surface area contributed by atoms with Crippen molar-refractivity contribution >= 4 is 60.7 Å². The lowest BCUT2D eigenvalue weighted by atomic mass is 9.77. The summed E-state index contributed by atoms with van der Waals surface area (Å²) in [6, 6.07) is -0.671. The summed E-state index contributed by atoms with van der Waals surface area (Å²) in [4.78, 5) is 80.2. The highest BCUT2D eigenvalue weighted by atomic mass is 19.4. The SMILES string of the molecule is C[C@H](NC(=O)c1cc2c(c(C(F)(F)F)c1)COB2O)[C@H](NC(=O)c1cc2c(c(C(F)(F)F)c1)COB2O)C(=O)NCCC(=O)ON1C(=O)CCC1=O. The number of nitrogens with zero attached hydrogens (tertiary/aromatic N) is 1. The molecule has 3 aliphatic heterocycles. The van der Waals surface area contributed by atoms with Crippen LogP contribution in [-0.4, -0.2) is 83.5 Å².